The fourth-order valence-electron chi connectivity index (χ4n) is 4.42. The number of aromatic nitrogens is 2. The van der Waals surface area contributed by atoms with E-state index in [1.807, 2.05) is 87.5 Å². The number of hydrogen-bond acceptors (Lipinski definition) is 5. The molecule has 0 aliphatic carbocycles. The Morgan fingerprint density at radius 1 is 0.944 bits per heavy atom. The van der Waals surface area contributed by atoms with Crippen LogP contribution in [-0.4, -0.2) is 23.3 Å². The number of methoxy groups -OCH3 is 1. The van der Waals surface area contributed by atoms with Crippen molar-refractivity contribution in [3.8, 4) is 17.1 Å². The second-order valence-corrected chi connectivity index (χ2v) is 9.05. The van der Waals surface area contributed by atoms with Crippen LogP contribution >= 0.6 is 0 Å². The average molecular weight is 481 g/mol. The van der Waals surface area contributed by atoms with Crippen LogP contribution in [0.5, 0.6) is 5.75 Å². The summed E-state index contributed by atoms with van der Waals surface area (Å²) in [6.45, 7) is 8.04. The highest BCUT2D eigenvalue weighted by atomic mass is 16.5. The number of carbonyl (C=O) groups is 1. The van der Waals surface area contributed by atoms with E-state index >= 15 is 0 Å². The monoisotopic (exact) mass is 480 g/mol. The lowest BCUT2D eigenvalue weighted by Gasteiger charge is -2.35. The number of ether oxygens (including phenoxy) is 1. The number of nitrogens with one attached hydrogen (secondary N) is 1. The molecule has 7 heteroatoms. The smallest absolute Gasteiger partial charge is 0.326 e. The quantitative estimate of drug-likeness (QED) is 0.359. The molecule has 5 rings (SSSR count). The number of urea groups is 1. The van der Waals surface area contributed by atoms with E-state index in [0.717, 1.165) is 44.8 Å². The fraction of sp³-hybridized carbons (Fsp3) is 0.207. The first kappa shape index (κ1) is 23.4. The molecule has 1 N–H and O–H groups in total. The summed E-state index contributed by atoms with van der Waals surface area (Å²) in [5, 5.41) is 7.41. The van der Waals surface area contributed by atoms with Crippen molar-refractivity contribution in [2.24, 2.45) is 0 Å². The summed E-state index contributed by atoms with van der Waals surface area (Å²) >= 11 is 0. The molecule has 7 nitrogen and oxygen atoms in total. The van der Waals surface area contributed by atoms with E-state index in [4.69, 9.17) is 14.2 Å². The van der Waals surface area contributed by atoms with Gasteiger partial charge in [-0.3, -0.25) is 4.90 Å². The van der Waals surface area contributed by atoms with Crippen molar-refractivity contribution in [3.05, 3.63) is 101 Å². The van der Waals surface area contributed by atoms with Gasteiger partial charge in [0, 0.05) is 11.3 Å². The number of benzene rings is 3. The summed E-state index contributed by atoms with van der Waals surface area (Å²) < 4.78 is 11.1. The van der Waals surface area contributed by atoms with E-state index in [0.29, 0.717) is 17.5 Å². The van der Waals surface area contributed by atoms with Crippen LogP contribution in [0.1, 0.15) is 41.1 Å². The molecule has 1 aromatic heterocycles. The van der Waals surface area contributed by atoms with Crippen molar-refractivity contribution in [1.29, 1.82) is 0 Å². The summed E-state index contributed by atoms with van der Waals surface area (Å²) in [7, 11) is 1.62. The molecule has 182 valence electrons. The third-order valence-electron chi connectivity index (χ3n) is 6.63. The van der Waals surface area contributed by atoms with Gasteiger partial charge in [-0.15, -0.1) is 0 Å². The van der Waals surface area contributed by atoms with Crippen LogP contribution in [0.4, 0.5) is 10.5 Å². The molecular weight excluding hydrogens is 452 g/mol. The zero-order valence-corrected chi connectivity index (χ0v) is 21.0. The molecule has 2 amide bonds. The highest BCUT2D eigenvalue weighted by Crippen LogP contribution is 2.39. The standard InChI is InChI=1S/C29H28N4O3/c1-17-9-12-21(13-10-17)26-25(28-31-27(32-36-28)22-7-6-8-24(16-22)35-5)20(4)33(29(34)30-26)23-14-11-18(2)19(3)15-23/h6-16,26H,1-5H3,(H,30,34). The molecule has 0 saturated heterocycles. The molecule has 1 aliphatic heterocycles. The number of rotatable bonds is 5. The van der Waals surface area contributed by atoms with Gasteiger partial charge in [-0.25, -0.2) is 4.79 Å². The normalized spacial score (nSPS) is 15.8. The Balaban J connectivity index is 1.65. The Labute approximate surface area is 210 Å². The van der Waals surface area contributed by atoms with Gasteiger partial charge in [0.25, 0.3) is 5.89 Å². The number of allylic oxidation sites excluding steroid dienone is 1. The number of nitrogens with zero attached hydrogens (tertiary/aromatic N) is 3. The van der Waals surface area contributed by atoms with Gasteiger partial charge < -0.3 is 14.6 Å². The van der Waals surface area contributed by atoms with Crippen LogP contribution in [0, 0.1) is 20.8 Å². The molecule has 0 spiro atoms. The average Bonchev–Trinajstić information content (AvgIpc) is 3.36. The predicted octanol–water partition coefficient (Wildman–Crippen LogP) is 6.37. The Morgan fingerprint density at radius 3 is 2.44 bits per heavy atom. The van der Waals surface area contributed by atoms with Crippen LogP contribution in [0.3, 0.4) is 0 Å². The summed E-state index contributed by atoms with van der Waals surface area (Å²) in [5.41, 5.74) is 7.37. The molecule has 2 heterocycles. The van der Waals surface area contributed by atoms with E-state index in [9.17, 15) is 4.79 Å². The van der Waals surface area contributed by atoms with Gasteiger partial charge in [0.15, 0.2) is 0 Å². The molecule has 1 aliphatic rings. The molecule has 0 bridgehead atoms. The van der Waals surface area contributed by atoms with Crippen molar-refractivity contribution in [3.63, 3.8) is 0 Å². The van der Waals surface area contributed by atoms with Crippen molar-refractivity contribution in [2.45, 2.75) is 33.7 Å². The van der Waals surface area contributed by atoms with E-state index < -0.39 is 6.04 Å². The lowest BCUT2D eigenvalue weighted by Crippen LogP contribution is -2.46. The molecule has 0 fully saturated rings. The minimum atomic E-state index is -0.445. The van der Waals surface area contributed by atoms with Gasteiger partial charge in [-0.1, -0.05) is 53.2 Å². The zero-order valence-electron chi connectivity index (χ0n) is 21.0. The number of amides is 2. The van der Waals surface area contributed by atoms with Gasteiger partial charge in [0.2, 0.25) is 5.82 Å². The molecular formula is C29H28N4O3. The Bertz CT molecular complexity index is 1470. The number of carbonyl (C=O) groups excluding carboxylic acids is 1. The Morgan fingerprint density at radius 2 is 1.72 bits per heavy atom. The second kappa shape index (κ2) is 9.34. The van der Waals surface area contributed by atoms with E-state index in [2.05, 4.69) is 17.4 Å². The summed E-state index contributed by atoms with van der Waals surface area (Å²) in [5.74, 6) is 1.50. The summed E-state index contributed by atoms with van der Waals surface area (Å²) in [4.78, 5) is 19.8. The van der Waals surface area contributed by atoms with Crippen LogP contribution < -0.4 is 15.0 Å². The first-order valence-electron chi connectivity index (χ1n) is 11.8. The molecule has 4 aromatic rings. The minimum Gasteiger partial charge on any atom is -0.497 e. The van der Waals surface area contributed by atoms with E-state index in [1.54, 1.807) is 12.0 Å². The maximum atomic E-state index is 13.4. The Kier molecular flexibility index (Phi) is 6.06. The van der Waals surface area contributed by atoms with Crippen LogP contribution in [-0.2, 0) is 0 Å². The highest BCUT2D eigenvalue weighted by molar-refractivity contribution is 6.01. The number of anilines is 1. The molecule has 3 aromatic carbocycles. The van der Waals surface area contributed by atoms with Gasteiger partial charge >= 0.3 is 6.03 Å². The first-order valence-corrected chi connectivity index (χ1v) is 11.8. The third kappa shape index (κ3) is 4.24. The fourth-order valence-corrected chi connectivity index (χ4v) is 4.42. The SMILES string of the molecule is COc1cccc(-c2noc(C3=C(C)N(c4ccc(C)c(C)c4)C(=O)NC3c3ccc(C)cc3)n2)c1. The van der Waals surface area contributed by atoms with Crippen molar-refractivity contribution >= 4 is 17.3 Å². The minimum absolute atomic E-state index is 0.211. The lowest BCUT2D eigenvalue weighted by atomic mass is 9.93. The third-order valence-corrected chi connectivity index (χ3v) is 6.63. The van der Waals surface area contributed by atoms with E-state index in [-0.39, 0.29) is 6.03 Å². The summed E-state index contributed by atoms with van der Waals surface area (Å²) in [6.07, 6.45) is 0. The zero-order chi connectivity index (χ0) is 25.4. The molecule has 1 atom stereocenters. The van der Waals surface area contributed by atoms with E-state index in [1.165, 1.54) is 0 Å². The van der Waals surface area contributed by atoms with Gasteiger partial charge in [0.1, 0.15) is 5.75 Å². The van der Waals surface area contributed by atoms with Crippen LogP contribution in [0.2, 0.25) is 0 Å². The van der Waals surface area contributed by atoms with Gasteiger partial charge in [0.05, 0.1) is 24.4 Å². The topological polar surface area (TPSA) is 80.5 Å². The van der Waals surface area contributed by atoms with Gasteiger partial charge in [-0.2, -0.15) is 4.98 Å². The number of hydrogen-bond donors (Lipinski definition) is 1. The molecule has 1 unspecified atom stereocenters. The summed E-state index contributed by atoms with van der Waals surface area (Å²) in [6, 6.07) is 20.9. The van der Waals surface area contributed by atoms with Crippen molar-refractivity contribution in [2.75, 3.05) is 12.0 Å². The second-order valence-electron chi connectivity index (χ2n) is 9.05. The van der Waals surface area contributed by atoms with Crippen molar-refractivity contribution < 1.29 is 14.1 Å². The molecule has 0 radical (unpaired) electrons. The number of aryl methyl sites for hydroxylation is 3. The van der Waals surface area contributed by atoms with Gasteiger partial charge in [-0.05, 0) is 68.7 Å². The maximum absolute atomic E-state index is 13.4. The maximum Gasteiger partial charge on any atom is 0.326 e. The first-order chi connectivity index (χ1) is 17.4. The Hall–Kier alpha value is -4.39. The van der Waals surface area contributed by atoms with Crippen LogP contribution in [0.15, 0.2) is 77.0 Å². The predicted molar refractivity (Wildman–Crippen MR) is 140 cm³/mol. The molecule has 0 saturated carbocycles. The van der Waals surface area contributed by atoms with Crippen LogP contribution in [0.25, 0.3) is 17.0 Å². The largest absolute Gasteiger partial charge is 0.497 e. The lowest BCUT2D eigenvalue weighted by molar-refractivity contribution is 0.244. The molecule has 36 heavy (non-hydrogen) atoms. The van der Waals surface area contributed by atoms with Crippen molar-refractivity contribution in [1.82, 2.24) is 15.5 Å². The highest BCUT2D eigenvalue weighted by Gasteiger charge is 2.36.